The number of amides is 1. The Balaban J connectivity index is 2.69. The van der Waals surface area contributed by atoms with Crippen LogP contribution in [0.2, 0.25) is 0 Å². The maximum atomic E-state index is 12.1. The van der Waals surface area contributed by atoms with E-state index in [0.717, 1.165) is 5.56 Å². The molecular formula is C15H22N2O3. The summed E-state index contributed by atoms with van der Waals surface area (Å²) >= 11 is 0. The molecular weight excluding hydrogens is 256 g/mol. The van der Waals surface area contributed by atoms with Crippen molar-refractivity contribution in [3.8, 4) is 0 Å². The Labute approximate surface area is 119 Å². The lowest BCUT2D eigenvalue weighted by atomic mass is 10.0. The molecule has 2 N–H and O–H groups in total. The highest BCUT2D eigenvalue weighted by atomic mass is 16.6. The van der Waals surface area contributed by atoms with Crippen molar-refractivity contribution in [3.63, 3.8) is 0 Å². The van der Waals surface area contributed by atoms with Crippen LogP contribution in [0, 0.1) is 5.92 Å². The molecule has 1 atom stereocenters. The van der Waals surface area contributed by atoms with Gasteiger partial charge in [0.25, 0.3) is 5.91 Å². The number of hydrogen-bond acceptors (Lipinski definition) is 4. The van der Waals surface area contributed by atoms with Crippen LogP contribution in [0.5, 0.6) is 0 Å². The highest BCUT2D eigenvalue weighted by molar-refractivity contribution is 5.95. The number of nitrogens with zero attached hydrogens (tertiary/aromatic N) is 1. The van der Waals surface area contributed by atoms with E-state index in [1.165, 1.54) is 7.11 Å². The second-order valence-electron chi connectivity index (χ2n) is 4.88. The molecule has 0 saturated carbocycles. The molecule has 0 aliphatic heterocycles. The van der Waals surface area contributed by atoms with E-state index in [0.29, 0.717) is 12.0 Å². The van der Waals surface area contributed by atoms with Gasteiger partial charge in [-0.1, -0.05) is 31.1 Å². The van der Waals surface area contributed by atoms with E-state index in [9.17, 15) is 4.79 Å². The van der Waals surface area contributed by atoms with E-state index in [1.807, 2.05) is 13.8 Å². The average Bonchev–Trinajstić information content (AvgIpc) is 2.45. The summed E-state index contributed by atoms with van der Waals surface area (Å²) in [5.74, 6) is 0.145. The van der Waals surface area contributed by atoms with Gasteiger partial charge in [-0.05, 0) is 30.0 Å². The summed E-state index contributed by atoms with van der Waals surface area (Å²) in [5.41, 5.74) is 1.45. The number of hydrogen-bond donors (Lipinski definition) is 2. The molecule has 110 valence electrons. The van der Waals surface area contributed by atoms with Crippen LogP contribution < -0.4 is 5.32 Å². The van der Waals surface area contributed by atoms with Gasteiger partial charge < -0.3 is 15.3 Å². The number of carbonyl (C=O) groups excluding carboxylic acids is 1. The molecule has 0 aromatic heterocycles. The largest absolute Gasteiger partial charge is 0.399 e. The normalized spacial score (nSPS) is 12.7. The van der Waals surface area contributed by atoms with Gasteiger partial charge in [0.2, 0.25) is 0 Å². The first-order chi connectivity index (χ1) is 9.58. The van der Waals surface area contributed by atoms with E-state index in [4.69, 9.17) is 5.11 Å². The Hall–Kier alpha value is -1.88. The molecule has 20 heavy (non-hydrogen) atoms. The van der Waals surface area contributed by atoms with Crippen LogP contribution in [0.25, 0.3) is 0 Å². The summed E-state index contributed by atoms with van der Waals surface area (Å²) < 4.78 is 0. The number of carbonyl (C=O) groups is 1. The van der Waals surface area contributed by atoms with Crippen molar-refractivity contribution < 1.29 is 14.7 Å². The van der Waals surface area contributed by atoms with Crippen molar-refractivity contribution in [1.82, 2.24) is 5.32 Å². The van der Waals surface area contributed by atoms with Crippen LogP contribution in [-0.2, 0) is 4.84 Å². The zero-order valence-corrected chi connectivity index (χ0v) is 12.2. The standard InChI is InChI=1S/C15H22N2O3/c1-11(2)14(8-9-18)17-15(19)13-6-4-12(5-7-13)10-16-20-3/h4-7,10-11,14,18H,8-9H2,1-3H3,(H,17,19)/b16-10+. The van der Waals surface area contributed by atoms with Gasteiger partial charge in [0, 0.05) is 18.2 Å². The quantitative estimate of drug-likeness (QED) is 0.590. The summed E-state index contributed by atoms with van der Waals surface area (Å²) in [6.07, 6.45) is 2.13. The van der Waals surface area contributed by atoms with Gasteiger partial charge >= 0.3 is 0 Å². The minimum Gasteiger partial charge on any atom is -0.399 e. The Bertz CT molecular complexity index is 441. The second-order valence-corrected chi connectivity index (χ2v) is 4.88. The maximum Gasteiger partial charge on any atom is 0.251 e. The molecule has 0 bridgehead atoms. The summed E-state index contributed by atoms with van der Waals surface area (Å²) in [6, 6.07) is 7.05. The predicted molar refractivity (Wildman–Crippen MR) is 78.8 cm³/mol. The number of rotatable bonds is 7. The Morgan fingerprint density at radius 1 is 1.40 bits per heavy atom. The molecule has 1 aromatic rings. The summed E-state index contributed by atoms with van der Waals surface area (Å²) in [7, 11) is 1.48. The molecule has 0 saturated heterocycles. The topological polar surface area (TPSA) is 70.9 Å². The molecule has 0 fully saturated rings. The van der Waals surface area contributed by atoms with Crippen LogP contribution in [0.3, 0.4) is 0 Å². The van der Waals surface area contributed by atoms with Crippen LogP contribution in [0.15, 0.2) is 29.4 Å². The minimum absolute atomic E-state index is 0.0257. The smallest absolute Gasteiger partial charge is 0.251 e. The molecule has 0 heterocycles. The average molecular weight is 278 g/mol. The maximum absolute atomic E-state index is 12.1. The number of nitrogens with one attached hydrogen (secondary N) is 1. The number of oxime groups is 1. The van der Waals surface area contributed by atoms with E-state index >= 15 is 0 Å². The highest BCUT2D eigenvalue weighted by Crippen LogP contribution is 2.08. The Kier molecular flexibility index (Phi) is 6.73. The van der Waals surface area contributed by atoms with E-state index in [1.54, 1.807) is 30.5 Å². The lowest BCUT2D eigenvalue weighted by Gasteiger charge is -2.21. The molecule has 1 unspecified atom stereocenters. The molecule has 1 amide bonds. The zero-order valence-electron chi connectivity index (χ0n) is 12.2. The van der Waals surface area contributed by atoms with Gasteiger partial charge in [0.05, 0.1) is 6.21 Å². The predicted octanol–water partition coefficient (Wildman–Crippen LogP) is 1.80. The molecule has 1 aromatic carbocycles. The molecule has 0 spiro atoms. The third-order valence-corrected chi connectivity index (χ3v) is 3.04. The first kappa shape index (κ1) is 16.2. The SMILES string of the molecule is CO/N=C/c1ccc(C(=O)NC(CCO)C(C)C)cc1. The molecule has 0 aliphatic carbocycles. The summed E-state index contributed by atoms with van der Waals surface area (Å²) in [6.45, 7) is 4.10. The summed E-state index contributed by atoms with van der Waals surface area (Å²) in [5, 5.41) is 15.6. The van der Waals surface area contributed by atoms with Crippen molar-refractivity contribution in [2.45, 2.75) is 26.3 Å². The highest BCUT2D eigenvalue weighted by Gasteiger charge is 2.16. The molecule has 0 aliphatic rings. The lowest BCUT2D eigenvalue weighted by Crippen LogP contribution is -2.39. The van der Waals surface area contributed by atoms with Gasteiger partial charge in [-0.25, -0.2) is 0 Å². The zero-order chi connectivity index (χ0) is 15.0. The fourth-order valence-corrected chi connectivity index (χ4v) is 1.80. The Morgan fingerprint density at radius 2 is 2.05 bits per heavy atom. The van der Waals surface area contributed by atoms with Crippen molar-refractivity contribution in [3.05, 3.63) is 35.4 Å². The lowest BCUT2D eigenvalue weighted by molar-refractivity contribution is 0.0916. The number of benzene rings is 1. The van der Waals surface area contributed by atoms with Crippen molar-refractivity contribution in [1.29, 1.82) is 0 Å². The Morgan fingerprint density at radius 3 is 2.55 bits per heavy atom. The number of aliphatic hydroxyl groups is 1. The first-order valence-electron chi connectivity index (χ1n) is 6.66. The van der Waals surface area contributed by atoms with Crippen LogP contribution in [-0.4, -0.2) is 37.0 Å². The van der Waals surface area contributed by atoms with Gasteiger partial charge in [-0.3, -0.25) is 4.79 Å². The van der Waals surface area contributed by atoms with Crippen molar-refractivity contribution in [2.24, 2.45) is 11.1 Å². The van der Waals surface area contributed by atoms with Gasteiger partial charge in [0.15, 0.2) is 0 Å². The monoisotopic (exact) mass is 278 g/mol. The third-order valence-electron chi connectivity index (χ3n) is 3.04. The van der Waals surface area contributed by atoms with Gasteiger partial charge in [0.1, 0.15) is 7.11 Å². The second kappa shape index (κ2) is 8.32. The molecule has 5 heteroatoms. The van der Waals surface area contributed by atoms with Gasteiger partial charge in [-0.15, -0.1) is 0 Å². The third kappa shape index (κ3) is 5.01. The number of aliphatic hydroxyl groups excluding tert-OH is 1. The van der Waals surface area contributed by atoms with Crippen LogP contribution >= 0.6 is 0 Å². The summed E-state index contributed by atoms with van der Waals surface area (Å²) in [4.78, 5) is 16.7. The van der Waals surface area contributed by atoms with E-state index in [2.05, 4.69) is 15.3 Å². The van der Waals surface area contributed by atoms with Crippen LogP contribution in [0.1, 0.15) is 36.2 Å². The molecule has 1 rings (SSSR count). The van der Waals surface area contributed by atoms with Crippen molar-refractivity contribution >= 4 is 12.1 Å². The van der Waals surface area contributed by atoms with Gasteiger partial charge in [-0.2, -0.15) is 0 Å². The molecule has 5 nitrogen and oxygen atoms in total. The van der Waals surface area contributed by atoms with Crippen molar-refractivity contribution in [2.75, 3.05) is 13.7 Å². The fraction of sp³-hybridized carbons (Fsp3) is 0.467. The van der Waals surface area contributed by atoms with E-state index in [-0.39, 0.29) is 24.5 Å². The van der Waals surface area contributed by atoms with E-state index < -0.39 is 0 Å². The fourth-order valence-electron chi connectivity index (χ4n) is 1.80. The van der Waals surface area contributed by atoms with Crippen LogP contribution in [0.4, 0.5) is 0 Å². The molecule has 0 radical (unpaired) electrons. The first-order valence-corrected chi connectivity index (χ1v) is 6.66. The minimum atomic E-state index is -0.132.